The maximum atomic E-state index is 3.74. The van der Waals surface area contributed by atoms with Crippen molar-refractivity contribution in [3.63, 3.8) is 0 Å². The Bertz CT molecular complexity index is 460. The van der Waals surface area contributed by atoms with Crippen LogP contribution in [-0.2, 0) is 13.0 Å². The van der Waals surface area contributed by atoms with E-state index in [0.29, 0.717) is 5.54 Å². The fraction of sp³-hybridized carbons (Fsp3) is 0.647. The topological polar surface area (TPSA) is 15.3 Å². The van der Waals surface area contributed by atoms with Crippen LogP contribution in [0.2, 0.25) is 0 Å². The van der Waals surface area contributed by atoms with Crippen molar-refractivity contribution in [2.75, 3.05) is 18.5 Å². The van der Waals surface area contributed by atoms with Gasteiger partial charge in [0.15, 0.2) is 0 Å². The first-order valence-electron chi connectivity index (χ1n) is 7.64. The van der Waals surface area contributed by atoms with Crippen LogP contribution in [0.1, 0.15) is 44.2 Å². The van der Waals surface area contributed by atoms with Gasteiger partial charge in [0.2, 0.25) is 0 Å². The lowest BCUT2D eigenvalue weighted by Gasteiger charge is -2.29. The van der Waals surface area contributed by atoms with E-state index in [9.17, 15) is 0 Å². The van der Waals surface area contributed by atoms with Gasteiger partial charge in [-0.1, -0.05) is 12.1 Å². The maximum absolute atomic E-state index is 3.74. The Balaban J connectivity index is 1.68. The van der Waals surface area contributed by atoms with Gasteiger partial charge < -0.3 is 10.2 Å². The predicted octanol–water partition coefficient (Wildman–Crippen LogP) is 3.35. The van der Waals surface area contributed by atoms with Crippen molar-refractivity contribution in [1.29, 1.82) is 0 Å². The molecule has 1 aliphatic heterocycles. The number of anilines is 1. The molecular formula is C17H26N2. The molecule has 0 aromatic heterocycles. The summed E-state index contributed by atoms with van der Waals surface area (Å²) in [6.07, 6.45) is 5.32. The Morgan fingerprint density at radius 2 is 2.11 bits per heavy atom. The van der Waals surface area contributed by atoms with E-state index < -0.39 is 0 Å². The van der Waals surface area contributed by atoms with Gasteiger partial charge in [-0.15, -0.1) is 0 Å². The second-order valence-electron chi connectivity index (χ2n) is 6.84. The Morgan fingerprint density at radius 1 is 1.32 bits per heavy atom. The van der Waals surface area contributed by atoms with Gasteiger partial charge in [0.25, 0.3) is 0 Å². The van der Waals surface area contributed by atoms with Crippen LogP contribution in [0, 0.1) is 5.92 Å². The summed E-state index contributed by atoms with van der Waals surface area (Å²) in [6.45, 7) is 6.88. The van der Waals surface area contributed by atoms with Gasteiger partial charge in [-0.25, -0.2) is 0 Å². The first-order chi connectivity index (χ1) is 9.06. The van der Waals surface area contributed by atoms with Crippen LogP contribution < -0.4 is 10.2 Å². The highest BCUT2D eigenvalue weighted by Crippen LogP contribution is 2.39. The van der Waals surface area contributed by atoms with E-state index in [1.165, 1.54) is 49.0 Å². The molecule has 1 aromatic rings. The molecule has 2 aliphatic rings. The lowest BCUT2D eigenvalue weighted by Crippen LogP contribution is -2.40. The van der Waals surface area contributed by atoms with Crippen molar-refractivity contribution in [3.8, 4) is 0 Å². The van der Waals surface area contributed by atoms with Crippen LogP contribution in [0.15, 0.2) is 18.2 Å². The fourth-order valence-corrected chi connectivity index (χ4v) is 3.23. The number of aryl methyl sites for hydroxylation is 1. The van der Waals surface area contributed by atoms with Crippen LogP contribution in [0.4, 0.5) is 5.69 Å². The van der Waals surface area contributed by atoms with Crippen molar-refractivity contribution < 1.29 is 0 Å². The molecule has 0 bridgehead atoms. The minimum atomic E-state index is 0.298. The molecule has 1 fully saturated rings. The highest BCUT2D eigenvalue weighted by Gasteiger charge is 2.37. The van der Waals surface area contributed by atoms with Gasteiger partial charge >= 0.3 is 0 Å². The number of rotatable bonds is 4. The average molecular weight is 258 g/mol. The molecule has 0 unspecified atom stereocenters. The average Bonchev–Trinajstić information content (AvgIpc) is 3.21. The van der Waals surface area contributed by atoms with E-state index >= 15 is 0 Å². The molecule has 0 amide bonds. The van der Waals surface area contributed by atoms with Gasteiger partial charge in [-0.3, -0.25) is 0 Å². The largest absolute Gasteiger partial charge is 0.374 e. The summed E-state index contributed by atoms with van der Waals surface area (Å²) >= 11 is 0. The van der Waals surface area contributed by atoms with Gasteiger partial charge in [0, 0.05) is 31.4 Å². The Hall–Kier alpha value is -1.02. The van der Waals surface area contributed by atoms with Crippen LogP contribution >= 0.6 is 0 Å². The summed E-state index contributed by atoms with van der Waals surface area (Å²) in [7, 11) is 2.20. The first-order valence-corrected chi connectivity index (χ1v) is 7.64. The smallest absolute Gasteiger partial charge is 0.0396 e. The molecule has 2 nitrogen and oxygen atoms in total. The minimum absolute atomic E-state index is 0.298. The summed E-state index contributed by atoms with van der Waals surface area (Å²) in [6, 6.07) is 6.99. The van der Waals surface area contributed by atoms with E-state index in [1.54, 1.807) is 0 Å². The number of benzene rings is 1. The van der Waals surface area contributed by atoms with E-state index in [0.717, 1.165) is 12.5 Å². The Labute approximate surface area is 117 Å². The van der Waals surface area contributed by atoms with Crippen molar-refractivity contribution in [1.82, 2.24) is 5.32 Å². The summed E-state index contributed by atoms with van der Waals surface area (Å²) in [5.74, 6) is 0.885. The van der Waals surface area contributed by atoms with Crippen molar-refractivity contribution in [2.24, 2.45) is 5.92 Å². The number of hydrogen-bond donors (Lipinski definition) is 1. The molecule has 104 valence electrons. The van der Waals surface area contributed by atoms with Gasteiger partial charge in [-0.2, -0.15) is 0 Å². The number of fused-ring (bicyclic) bond motifs is 1. The minimum Gasteiger partial charge on any atom is -0.374 e. The number of nitrogens with zero attached hydrogens (tertiary/aromatic N) is 1. The van der Waals surface area contributed by atoms with Gasteiger partial charge in [0.05, 0.1) is 0 Å². The van der Waals surface area contributed by atoms with Crippen LogP contribution in [0.5, 0.6) is 0 Å². The lowest BCUT2D eigenvalue weighted by molar-refractivity contribution is 0.339. The monoisotopic (exact) mass is 258 g/mol. The number of hydrogen-bond acceptors (Lipinski definition) is 2. The molecule has 1 aliphatic carbocycles. The van der Waals surface area contributed by atoms with Crippen molar-refractivity contribution in [2.45, 2.75) is 51.6 Å². The van der Waals surface area contributed by atoms with Gasteiger partial charge in [0.1, 0.15) is 0 Å². The highest BCUT2D eigenvalue weighted by atomic mass is 15.1. The molecule has 3 rings (SSSR count). The molecule has 0 saturated heterocycles. The van der Waals surface area contributed by atoms with E-state index in [-0.39, 0.29) is 0 Å². The van der Waals surface area contributed by atoms with Gasteiger partial charge in [-0.05, 0) is 62.6 Å². The quantitative estimate of drug-likeness (QED) is 0.891. The van der Waals surface area contributed by atoms with Crippen LogP contribution in [0.3, 0.4) is 0 Å². The van der Waals surface area contributed by atoms with Crippen molar-refractivity contribution in [3.05, 3.63) is 29.3 Å². The molecule has 2 heteroatoms. The van der Waals surface area contributed by atoms with Crippen LogP contribution in [0.25, 0.3) is 0 Å². The first kappa shape index (κ1) is 13.0. The number of nitrogens with one attached hydrogen (secondary N) is 1. The molecule has 0 radical (unpaired) electrons. The molecule has 0 atom stereocenters. The third-order valence-electron chi connectivity index (χ3n) is 4.84. The SMILES string of the molecule is CN1CCCc2cc(CNC(C)(C)C3CC3)ccc21. The highest BCUT2D eigenvalue weighted by molar-refractivity contribution is 5.56. The summed E-state index contributed by atoms with van der Waals surface area (Å²) in [5.41, 5.74) is 4.68. The van der Waals surface area contributed by atoms with E-state index in [1.807, 2.05) is 0 Å². The molecule has 0 spiro atoms. The maximum Gasteiger partial charge on any atom is 0.0396 e. The molecule has 1 heterocycles. The zero-order valence-corrected chi connectivity index (χ0v) is 12.5. The zero-order chi connectivity index (χ0) is 13.5. The molecule has 19 heavy (non-hydrogen) atoms. The molecule has 1 aromatic carbocycles. The molecule has 1 saturated carbocycles. The van der Waals surface area contributed by atoms with Crippen molar-refractivity contribution >= 4 is 5.69 Å². The van der Waals surface area contributed by atoms with E-state index in [2.05, 4.69) is 49.3 Å². The van der Waals surface area contributed by atoms with E-state index in [4.69, 9.17) is 0 Å². The third kappa shape index (κ3) is 2.79. The molecular weight excluding hydrogens is 232 g/mol. The summed E-state index contributed by atoms with van der Waals surface area (Å²) in [5, 5.41) is 3.74. The van der Waals surface area contributed by atoms with Crippen LogP contribution in [-0.4, -0.2) is 19.1 Å². The standard InChI is InChI=1S/C17H26N2/c1-17(2,15-7-8-15)18-12-13-6-9-16-14(11-13)5-4-10-19(16)3/h6,9,11,15,18H,4-5,7-8,10,12H2,1-3H3. The Morgan fingerprint density at radius 3 is 2.84 bits per heavy atom. The predicted molar refractivity (Wildman–Crippen MR) is 81.7 cm³/mol. The summed E-state index contributed by atoms with van der Waals surface area (Å²) < 4.78 is 0. The molecule has 1 N–H and O–H groups in total. The zero-order valence-electron chi connectivity index (χ0n) is 12.5. The Kier molecular flexibility index (Phi) is 3.30. The normalized spacial score (nSPS) is 19.4. The second-order valence-corrected chi connectivity index (χ2v) is 6.84. The lowest BCUT2D eigenvalue weighted by atomic mass is 9.97. The third-order valence-corrected chi connectivity index (χ3v) is 4.84. The summed E-state index contributed by atoms with van der Waals surface area (Å²) in [4.78, 5) is 2.38. The fourth-order valence-electron chi connectivity index (χ4n) is 3.23. The second kappa shape index (κ2) is 4.82.